The highest BCUT2D eigenvalue weighted by atomic mass is 32.2. The van der Waals surface area contributed by atoms with Gasteiger partial charge in [0, 0.05) is 6.61 Å². The third-order valence-electron chi connectivity index (χ3n) is 3.47. The van der Waals surface area contributed by atoms with E-state index in [1.807, 2.05) is 0 Å². The Balaban J connectivity index is 1.74. The predicted octanol–water partition coefficient (Wildman–Crippen LogP) is 2.77. The molecule has 0 spiro atoms. The van der Waals surface area contributed by atoms with E-state index in [9.17, 15) is 9.90 Å². The average molecular weight is 321 g/mol. The van der Waals surface area contributed by atoms with E-state index >= 15 is 0 Å². The van der Waals surface area contributed by atoms with Crippen molar-refractivity contribution >= 4 is 40.3 Å². The van der Waals surface area contributed by atoms with Gasteiger partial charge in [-0.3, -0.25) is 9.69 Å². The number of thiocarbonyl (C=S) groups is 1. The standard InChI is InChI=1S/C15H15NO3S2/c17-11-5-3-10(4-6-11)8-13-14(18)16(15(20)21-13)9-12-2-1-7-19-12/h3-6,8,12,17H,1-2,7,9H2/b13-8+/t12-/m0/s1. The zero-order valence-electron chi connectivity index (χ0n) is 11.3. The van der Waals surface area contributed by atoms with Crippen LogP contribution in [0.25, 0.3) is 6.08 Å². The molecule has 0 bridgehead atoms. The van der Waals surface area contributed by atoms with Crippen molar-refractivity contribution in [2.45, 2.75) is 18.9 Å². The SMILES string of the molecule is O=C1/C(=C\c2ccc(O)cc2)SC(=S)N1C[C@@H]1CCCO1. The lowest BCUT2D eigenvalue weighted by molar-refractivity contribution is -0.123. The highest BCUT2D eigenvalue weighted by Gasteiger charge is 2.34. The van der Waals surface area contributed by atoms with Gasteiger partial charge in [-0.2, -0.15) is 0 Å². The average Bonchev–Trinajstić information content (AvgIpc) is 3.06. The number of amides is 1. The molecule has 2 saturated heterocycles. The van der Waals surface area contributed by atoms with Crippen LogP contribution in [-0.2, 0) is 9.53 Å². The van der Waals surface area contributed by atoms with Gasteiger partial charge in [0.15, 0.2) is 0 Å². The summed E-state index contributed by atoms with van der Waals surface area (Å²) in [5.74, 6) is 0.145. The van der Waals surface area contributed by atoms with Gasteiger partial charge in [-0.15, -0.1) is 0 Å². The molecule has 1 amide bonds. The molecule has 2 aliphatic heterocycles. The maximum Gasteiger partial charge on any atom is 0.266 e. The smallest absolute Gasteiger partial charge is 0.266 e. The highest BCUT2D eigenvalue weighted by Crippen LogP contribution is 2.33. The van der Waals surface area contributed by atoms with E-state index in [0.717, 1.165) is 25.0 Å². The molecule has 21 heavy (non-hydrogen) atoms. The zero-order valence-corrected chi connectivity index (χ0v) is 13.0. The molecule has 0 saturated carbocycles. The molecule has 2 aliphatic rings. The molecule has 3 rings (SSSR count). The molecule has 4 nitrogen and oxygen atoms in total. The molecule has 2 fully saturated rings. The van der Waals surface area contributed by atoms with E-state index in [1.54, 1.807) is 35.2 Å². The van der Waals surface area contributed by atoms with E-state index in [4.69, 9.17) is 17.0 Å². The van der Waals surface area contributed by atoms with E-state index in [2.05, 4.69) is 0 Å². The second-order valence-electron chi connectivity index (χ2n) is 5.02. The van der Waals surface area contributed by atoms with E-state index < -0.39 is 0 Å². The maximum atomic E-state index is 12.4. The van der Waals surface area contributed by atoms with Crippen molar-refractivity contribution in [2.24, 2.45) is 0 Å². The summed E-state index contributed by atoms with van der Waals surface area (Å²) in [5, 5.41) is 9.28. The minimum Gasteiger partial charge on any atom is -0.508 e. The van der Waals surface area contributed by atoms with Crippen LogP contribution in [-0.4, -0.2) is 39.5 Å². The molecule has 0 unspecified atom stereocenters. The molecule has 1 atom stereocenters. The van der Waals surface area contributed by atoms with Crippen LogP contribution in [0.1, 0.15) is 18.4 Å². The summed E-state index contributed by atoms with van der Waals surface area (Å²) >= 11 is 6.61. The first kappa shape index (κ1) is 14.6. The summed E-state index contributed by atoms with van der Waals surface area (Å²) in [4.78, 5) is 14.7. The Morgan fingerprint density at radius 2 is 2.19 bits per heavy atom. The summed E-state index contributed by atoms with van der Waals surface area (Å²) in [6, 6.07) is 6.72. The molecule has 1 aromatic carbocycles. The van der Waals surface area contributed by atoms with Crippen molar-refractivity contribution in [1.82, 2.24) is 4.90 Å². The molecule has 110 valence electrons. The van der Waals surface area contributed by atoms with Crippen molar-refractivity contribution in [3.63, 3.8) is 0 Å². The Morgan fingerprint density at radius 1 is 1.43 bits per heavy atom. The van der Waals surface area contributed by atoms with Crippen molar-refractivity contribution in [1.29, 1.82) is 0 Å². The molecule has 0 aliphatic carbocycles. The summed E-state index contributed by atoms with van der Waals surface area (Å²) in [6.45, 7) is 1.31. The predicted molar refractivity (Wildman–Crippen MR) is 87.0 cm³/mol. The number of carbonyl (C=O) groups is 1. The zero-order chi connectivity index (χ0) is 14.8. The van der Waals surface area contributed by atoms with Crippen LogP contribution in [0.2, 0.25) is 0 Å². The number of phenolic OH excluding ortho intramolecular Hbond substituents is 1. The van der Waals surface area contributed by atoms with Crippen LogP contribution in [0, 0.1) is 0 Å². The van der Waals surface area contributed by atoms with Gasteiger partial charge in [0.05, 0.1) is 17.6 Å². The number of aromatic hydroxyl groups is 1. The van der Waals surface area contributed by atoms with Gasteiger partial charge >= 0.3 is 0 Å². The number of rotatable bonds is 3. The molecule has 6 heteroatoms. The quantitative estimate of drug-likeness (QED) is 0.685. The highest BCUT2D eigenvalue weighted by molar-refractivity contribution is 8.26. The fraction of sp³-hybridized carbons (Fsp3) is 0.333. The number of ether oxygens (including phenoxy) is 1. The van der Waals surface area contributed by atoms with Crippen LogP contribution < -0.4 is 0 Å². The topological polar surface area (TPSA) is 49.8 Å². The summed E-state index contributed by atoms with van der Waals surface area (Å²) < 4.78 is 6.15. The van der Waals surface area contributed by atoms with Gasteiger partial charge in [-0.25, -0.2) is 0 Å². The van der Waals surface area contributed by atoms with Crippen molar-refractivity contribution in [3.05, 3.63) is 34.7 Å². The first-order valence-electron chi connectivity index (χ1n) is 6.79. The van der Waals surface area contributed by atoms with Crippen LogP contribution in [0.3, 0.4) is 0 Å². The van der Waals surface area contributed by atoms with Gasteiger partial charge in [0.2, 0.25) is 0 Å². The second kappa shape index (κ2) is 6.17. The van der Waals surface area contributed by atoms with Crippen LogP contribution in [0.5, 0.6) is 5.75 Å². The van der Waals surface area contributed by atoms with Crippen LogP contribution in [0.15, 0.2) is 29.2 Å². The van der Waals surface area contributed by atoms with Crippen molar-refractivity contribution in [2.75, 3.05) is 13.2 Å². The van der Waals surface area contributed by atoms with Gasteiger partial charge in [-0.05, 0) is 36.6 Å². The van der Waals surface area contributed by atoms with Gasteiger partial charge in [0.1, 0.15) is 10.1 Å². The second-order valence-corrected chi connectivity index (χ2v) is 6.69. The lowest BCUT2D eigenvalue weighted by atomic mass is 10.2. The largest absolute Gasteiger partial charge is 0.508 e. The van der Waals surface area contributed by atoms with Gasteiger partial charge in [-0.1, -0.05) is 36.1 Å². The number of nitrogens with zero attached hydrogens (tertiary/aromatic N) is 1. The minimum absolute atomic E-state index is 0.0615. The molecule has 1 N–H and O–H groups in total. The number of hydrogen-bond acceptors (Lipinski definition) is 5. The number of hydrogen-bond donors (Lipinski definition) is 1. The van der Waals surface area contributed by atoms with E-state index in [-0.39, 0.29) is 17.8 Å². The molecule has 0 aromatic heterocycles. The fourth-order valence-corrected chi connectivity index (χ4v) is 3.65. The van der Waals surface area contributed by atoms with E-state index in [0.29, 0.717) is 15.8 Å². The third-order valence-corrected chi connectivity index (χ3v) is 4.85. The number of carbonyl (C=O) groups excluding carboxylic acids is 1. The molecule has 0 radical (unpaired) electrons. The summed E-state index contributed by atoms with van der Waals surface area (Å²) in [7, 11) is 0. The Hall–Kier alpha value is -1.37. The lowest BCUT2D eigenvalue weighted by Crippen LogP contribution is -2.35. The normalized spacial score (nSPS) is 24.3. The molecular formula is C15H15NO3S2. The first-order valence-corrected chi connectivity index (χ1v) is 8.02. The monoisotopic (exact) mass is 321 g/mol. The van der Waals surface area contributed by atoms with Crippen LogP contribution in [0.4, 0.5) is 0 Å². The number of benzene rings is 1. The van der Waals surface area contributed by atoms with Crippen molar-refractivity contribution < 1.29 is 14.6 Å². The Kier molecular flexibility index (Phi) is 4.28. The Morgan fingerprint density at radius 3 is 2.86 bits per heavy atom. The first-order chi connectivity index (χ1) is 10.1. The lowest BCUT2D eigenvalue weighted by Gasteiger charge is -2.18. The van der Waals surface area contributed by atoms with E-state index in [1.165, 1.54) is 11.8 Å². The van der Waals surface area contributed by atoms with Gasteiger partial charge < -0.3 is 9.84 Å². The Labute approximate surface area is 132 Å². The summed E-state index contributed by atoms with van der Waals surface area (Å²) in [6.07, 6.45) is 3.92. The number of phenols is 1. The molecule has 1 aromatic rings. The minimum atomic E-state index is -0.0615. The fourth-order valence-electron chi connectivity index (χ4n) is 2.37. The van der Waals surface area contributed by atoms with Gasteiger partial charge in [0.25, 0.3) is 5.91 Å². The third kappa shape index (κ3) is 3.28. The van der Waals surface area contributed by atoms with Crippen LogP contribution >= 0.6 is 24.0 Å². The number of thioether (sulfide) groups is 1. The molecular weight excluding hydrogens is 306 g/mol. The summed E-state index contributed by atoms with van der Waals surface area (Å²) in [5.41, 5.74) is 0.866. The van der Waals surface area contributed by atoms with Crippen molar-refractivity contribution in [3.8, 4) is 5.75 Å². The molecule has 2 heterocycles. The Bertz CT molecular complexity index is 591. The maximum absolute atomic E-state index is 12.4.